The van der Waals surface area contributed by atoms with Crippen LogP contribution in [0.15, 0.2) is 0 Å². The van der Waals surface area contributed by atoms with Gasteiger partial charge in [0.15, 0.2) is 0 Å². The van der Waals surface area contributed by atoms with E-state index in [0.29, 0.717) is 39.0 Å². The van der Waals surface area contributed by atoms with Crippen molar-refractivity contribution < 1.29 is 22.8 Å². The topological polar surface area (TPSA) is 72.2 Å². The van der Waals surface area contributed by atoms with Gasteiger partial charge in [-0.15, -0.1) is 0 Å². The van der Waals surface area contributed by atoms with Crippen molar-refractivity contribution in [2.24, 2.45) is 5.73 Å². The maximum atomic E-state index is 5.37. The molecular weight excluding hydrogens is 230 g/mol. The Balaban J connectivity index is 3.48. The molecule has 16 heavy (non-hydrogen) atoms. The zero-order chi connectivity index (χ0) is 12.3. The lowest BCUT2D eigenvalue weighted by Crippen LogP contribution is -2.43. The van der Waals surface area contributed by atoms with Gasteiger partial charge in [-0.1, -0.05) is 0 Å². The van der Waals surface area contributed by atoms with E-state index in [-0.39, 0.29) is 0 Å². The summed E-state index contributed by atoms with van der Waals surface area (Å²) in [6, 6.07) is 0.632. The average Bonchev–Trinajstić information content (AvgIpc) is 2.34. The minimum Gasteiger partial charge on any atom is -0.379 e. The molecule has 98 valence electrons. The molecule has 0 aromatic rings. The maximum absolute atomic E-state index is 5.37. The summed E-state index contributed by atoms with van der Waals surface area (Å²) in [5, 5.41) is 0. The van der Waals surface area contributed by atoms with E-state index in [1.54, 1.807) is 21.3 Å². The van der Waals surface area contributed by atoms with Gasteiger partial charge in [0.2, 0.25) is 0 Å². The summed E-state index contributed by atoms with van der Waals surface area (Å²) < 4.78 is 26.3. The molecule has 0 aliphatic rings. The Labute approximate surface area is 98.3 Å². The van der Waals surface area contributed by atoms with Gasteiger partial charge in [-0.25, -0.2) is 0 Å². The quantitative estimate of drug-likeness (QED) is 0.408. The number of rotatable bonds is 11. The Morgan fingerprint density at radius 3 is 1.75 bits per heavy atom. The summed E-state index contributed by atoms with van der Waals surface area (Å²) >= 11 is 0. The Hall–Kier alpha value is -0.0231. The first-order chi connectivity index (χ1) is 7.74. The molecule has 0 saturated carbocycles. The summed E-state index contributed by atoms with van der Waals surface area (Å²) in [5.41, 5.74) is 5.27. The molecule has 2 N–H and O–H groups in total. The van der Waals surface area contributed by atoms with Gasteiger partial charge in [0.05, 0.1) is 26.4 Å². The predicted octanol–water partition coefficient (Wildman–Crippen LogP) is -0.144. The van der Waals surface area contributed by atoms with E-state index < -0.39 is 8.80 Å². The minimum atomic E-state index is -2.48. The number of hydrogen-bond donors (Lipinski definition) is 1. The van der Waals surface area contributed by atoms with Crippen LogP contribution in [0.3, 0.4) is 0 Å². The van der Waals surface area contributed by atoms with E-state index in [2.05, 4.69) is 0 Å². The van der Waals surface area contributed by atoms with Gasteiger partial charge in [0.25, 0.3) is 0 Å². The van der Waals surface area contributed by atoms with Crippen molar-refractivity contribution in [3.05, 3.63) is 0 Å². The smallest absolute Gasteiger partial charge is 0.379 e. The third kappa shape index (κ3) is 6.54. The van der Waals surface area contributed by atoms with Gasteiger partial charge in [-0.3, -0.25) is 0 Å². The first-order valence-electron chi connectivity index (χ1n) is 5.25. The molecule has 0 aliphatic carbocycles. The molecule has 0 radical (unpaired) electrons. The van der Waals surface area contributed by atoms with Crippen molar-refractivity contribution in [3.63, 3.8) is 0 Å². The highest BCUT2D eigenvalue weighted by atomic mass is 28.4. The molecule has 0 aliphatic heterocycles. The fourth-order valence-corrected chi connectivity index (χ4v) is 2.67. The number of ether oxygens (including phenoxy) is 2. The molecule has 6 nitrogen and oxygen atoms in total. The van der Waals surface area contributed by atoms with Crippen molar-refractivity contribution in [3.8, 4) is 0 Å². The molecular formula is C9H23NO5Si. The molecule has 0 unspecified atom stereocenters. The molecule has 0 atom stereocenters. The summed E-state index contributed by atoms with van der Waals surface area (Å²) in [4.78, 5) is 0. The lowest BCUT2D eigenvalue weighted by molar-refractivity contribution is 0.0471. The van der Waals surface area contributed by atoms with Gasteiger partial charge in [-0.05, 0) is 0 Å². The highest BCUT2D eigenvalue weighted by molar-refractivity contribution is 6.60. The summed E-state index contributed by atoms with van der Waals surface area (Å²) in [6.45, 7) is 2.73. The second-order valence-corrected chi connectivity index (χ2v) is 6.15. The van der Waals surface area contributed by atoms with Crippen molar-refractivity contribution in [2.75, 3.05) is 54.3 Å². The molecule has 0 saturated heterocycles. The van der Waals surface area contributed by atoms with Crippen LogP contribution in [-0.2, 0) is 22.8 Å². The molecule has 0 spiro atoms. The van der Waals surface area contributed by atoms with E-state index in [9.17, 15) is 0 Å². The largest absolute Gasteiger partial charge is 0.502 e. The summed E-state index contributed by atoms with van der Waals surface area (Å²) in [7, 11) is 2.28. The number of hydrogen-bond acceptors (Lipinski definition) is 6. The molecule has 0 bridgehead atoms. The predicted molar refractivity (Wildman–Crippen MR) is 62.3 cm³/mol. The van der Waals surface area contributed by atoms with Crippen molar-refractivity contribution in [2.45, 2.75) is 6.04 Å². The molecule has 7 heteroatoms. The van der Waals surface area contributed by atoms with Crippen LogP contribution in [-0.4, -0.2) is 63.1 Å². The Bertz CT molecular complexity index is 149. The second-order valence-electron chi connectivity index (χ2n) is 3.06. The van der Waals surface area contributed by atoms with Gasteiger partial charge < -0.3 is 28.5 Å². The molecule has 0 fully saturated rings. The van der Waals surface area contributed by atoms with Crippen LogP contribution in [0.1, 0.15) is 0 Å². The van der Waals surface area contributed by atoms with Crippen molar-refractivity contribution in [1.29, 1.82) is 0 Å². The standard InChI is InChI=1S/C9H23NO5Si/c1-11-16(12-2,13-3)9-8-15-7-6-14-5-4-10/h4-10H2,1-3H3. The zero-order valence-corrected chi connectivity index (χ0v) is 11.4. The van der Waals surface area contributed by atoms with E-state index >= 15 is 0 Å². The highest BCUT2D eigenvalue weighted by Gasteiger charge is 2.37. The molecule has 0 rings (SSSR count). The van der Waals surface area contributed by atoms with Gasteiger partial charge >= 0.3 is 8.80 Å². The third-order valence-electron chi connectivity index (χ3n) is 2.12. The normalized spacial score (nSPS) is 12.0. The Morgan fingerprint density at radius 2 is 1.31 bits per heavy atom. The van der Waals surface area contributed by atoms with Crippen LogP contribution >= 0.6 is 0 Å². The fourth-order valence-electron chi connectivity index (χ4n) is 1.16. The first-order valence-corrected chi connectivity index (χ1v) is 7.19. The molecule has 0 amide bonds. The molecule has 0 aromatic heterocycles. The SMILES string of the molecule is CO[Si](CCOCCOCCN)(OC)OC. The Morgan fingerprint density at radius 1 is 0.812 bits per heavy atom. The van der Waals surface area contributed by atoms with Crippen molar-refractivity contribution >= 4 is 8.80 Å². The van der Waals surface area contributed by atoms with Gasteiger partial charge in [0, 0.05) is 33.9 Å². The second kappa shape index (κ2) is 10.2. The third-order valence-corrected chi connectivity index (χ3v) is 4.80. The monoisotopic (exact) mass is 253 g/mol. The highest BCUT2D eigenvalue weighted by Crippen LogP contribution is 2.11. The van der Waals surface area contributed by atoms with Crippen molar-refractivity contribution in [1.82, 2.24) is 0 Å². The average molecular weight is 253 g/mol. The maximum Gasteiger partial charge on any atom is 0.502 e. The van der Waals surface area contributed by atoms with Crippen LogP contribution in [0, 0.1) is 0 Å². The van der Waals surface area contributed by atoms with E-state index in [0.717, 1.165) is 0 Å². The lowest BCUT2D eigenvalue weighted by Gasteiger charge is -2.24. The molecule has 0 aromatic carbocycles. The first kappa shape index (κ1) is 16.0. The van der Waals surface area contributed by atoms with Gasteiger partial charge in [0.1, 0.15) is 0 Å². The van der Waals surface area contributed by atoms with Crippen LogP contribution in [0.25, 0.3) is 0 Å². The lowest BCUT2D eigenvalue weighted by atomic mass is 10.7. The summed E-state index contributed by atoms with van der Waals surface area (Å²) in [5.74, 6) is 0. The minimum absolute atomic E-state index is 0.535. The van der Waals surface area contributed by atoms with Crippen LogP contribution in [0.2, 0.25) is 6.04 Å². The van der Waals surface area contributed by atoms with Crippen LogP contribution < -0.4 is 5.73 Å². The Kier molecular flexibility index (Phi) is 10.1. The summed E-state index contributed by atoms with van der Waals surface area (Å²) in [6.07, 6.45) is 0. The van der Waals surface area contributed by atoms with E-state index in [4.69, 9.17) is 28.5 Å². The van der Waals surface area contributed by atoms with Crippen LogP contribution in [0.5, 0.6) is 0 Å². The molecule has 0 heterocycles. The van der Waals surface area contributed by atoms with Crippen LogP contribution in [0.4, 0.5) is 0 Å². The fraction of sp³-hybridized carbons (Fsp3) is 1.00. The number of nitrogens with two attached hydrogens (primary N) is 1. The van der Waals surface area contributed by atoms with Gasteiger partial charge in [-0.2, -0.15) is 0 Å². The van der Waals surface area contributed by atoms with E-state index in [1.165, 1.54) is 0 Å². The van der Waals surface area contributed by atoms with E-state index in [1.807, 2.05) is 0 Å². The zero-order valence-electron chi connectivity index (χ0n) is 10.4.